The van der Waals surface area contributed by atoms with Crippen LogP contribution in [0.1, 0.15) is 38.3 Å². The number of esters is 1. The molecular weight excluding hydrogens is 352 g/mol. The average Bonchev–Trinajstić information content (AvgIpc) is 2.68. The van der Waals surface area contributed by atoms with Crippen molar-refractivity contribution in [3.05, 3.63) is 65.2 Å². The fourth-order valence-corrected chi connectivity index (χ4v) is 3.26. The van der Waals surface area contributed by atoms with Crippen molar-refractivity contribution >= 4 is 18.0 Å². The van der Waals surface area contributed by atoms with Gasteiger partial charge in [-0.05, 0) is 53.7 Å². The smallest absolute Gasteiger partial charge is 0.334 e. The maximum absolute atomic E-state index is 11.9. The van der Waals surface area contributed by atoms with Gasteiger partial charge in [0.1, 0.15) is 18.3 Å². The predicted octanol–water partition coefficient (Wildman–Crippen LogP) is 4.75. The molecule has 1 heterocycles. The number of rotatable bonds is 5. The molecule has 1 aliphatic rings. The van der Waals surface area contributed by atoms with Gasteiger partial charge in [0.15, 0.2) is 0 Å². The number of carbonyl (C=O) groups excluding carboxylic acids is 2. The Kier molecular flexibility index (Phi) is 5.81. The topological polar surface area (TPSA) is 52.6 Å². The van der Waals surface area contributed by atoms with Crippen LogP contribution in [-0.4, -0.2) is 25.1 Å². The first-order valence-corrected chi connectivity index (χ1v) is 9.33. The molecule has 2 aromatic carbocycles. The van der Waals surface area contributed by atoms with Gasteiger partial charge in [0, 0.05) is 17.2 Å². The Hall–Kier alpha value is -3.10. The monoisotopic (exact) mass is 376 g/mol. The summed E-state index contributed by atoms with van der Waals surface area (Å²) < 4.78 is 10.7. The van der Waals surface area contributed by atoms with Gasteiger partial charge in [-0.1, -0.05) is 44.2 Å². The minimum Gasteiger partial charge on any atom is -0.493 e. The SMILES string of the molecule is CC(=Cc1ccc(-c2ccc3c(c2)C(C)(C)CCO3)cc1)C(=O)OCC=C=O. The van der Waals surface area contributed by atoms with E-state index in [1.165, 1.54) is 5.56 Å². The van der Waals surface area contributed by atoms with Crippen LogP contribution in [0.3, 0.4) is 0 Å². The zero-order valence-electron chi connectivity index (χ0n) is 16.5. The van der Waals surface area contributed by atoms with E-state index in [1.807, 2.05) is 30.3 Å². The number of carbonyl (C=O) groups is 1. The van der Waals surface area contributed by atoms with E-state index in [0.29, 0.717) is 5.57 Å². The molecule has 4 heteroatoms. The molecule has 144 valence electrons. The highest BCUT2D eigenvalue weighted by molar-refractivity contribution is 5.93. The third-order valence-electron chi connectivity index (χ3n) is 5.02. The number of hydrogen-bond donors (Lipinski definition) is 0. The molecule has 0 radical (unpaired) electrons. The molecule has 28 heavy (non-hydrogen) atoms. The summed E-state index contributed by atoms with van der Waals surface area (Å²) in [6.45, 7) is 6.88. The summed E-state index contributed by atoms with van der Waals surface area (Å²) in [5.74, 6) is 2.10. The third-order valence-corrected chi connectivity index (χ3v) is 5.02. The Morgan fingerprint density at radius 3 is 2.61 bits per heavy atom. The summed E-state index contributed by atoms with van der Waals surface area (Å²) >= 11 is 0. The standard InChI is InChI=1S/C24H24O4/c1-17(23(26)28-13-4-12-25)15-18-5-7-19(8-6-18)20-9-10-22-21(16-20)24(2,3)11-14-27-22/h4-10,15-16H,11,13-14H2,1-3H3. The molecule has 3 rings (SSSR count). The van der Waals surface area contributed by atoms with Gasteiger partial charge in [-0.25, -0.2) is 9.59 Å². The molecule has 0 aliphatic carbocycles. The van der Waals surface area contributed by atoms with Gasteiger partial charge in [-0.15, -0.1) is 0 Å². The van der Waals surface area contributed by atoms with Crippen LogP contribution in [0.15, 0.2) is 54.1 Å². The summed E-state index contributed by atoms with van der Waals surface area (Å²) in [4.78, 5) is 22.0. The molecule has 0 spiro atoms. The highest BCUT2D eigenvalue weighted by atomic mass is 16.5. The molecule has 0 fully saturated rings. The van der Waals surface area contributed by atoms with Crippen molar-refractivity contribution in [1.82, 2.24) is 0 Å². The summed E-state index contributed by atoms with van der Waals surface area (Å²) in [6.07, 6.45) is 3.90. The molecule has 0 atom stereocenters. The quantitative estimate of drug-likeness (QED) is 0.429. The Morgan fingerprint density at radius 1 is 1.18 bits per heavy atom. The van der Waals surface area contributed by atoms with E-state index in [1.54, 1.807) is 18.9 Å². The predicted molar refractivity (Wildman–Crippen MR) is 110 cm³/mol. The fraction of sp³-hybridized carbons (Fsp3) is 0.292. The molecule has 2 aromatic rings. The minimum absolute atomic E-state index is 0.0646. The van der Waals surface area contributed by atoms with Crippen LogP contribution in [0.2, 0.25) is 0 Å². The lowest BCUT2D eigenvalue weighted by molar-refractivity contribution is -0.137. The van der Waals surface area contributed by atoms with Crippen molar-refractivity contribution in [2.24, 2.45) is 0 Å². The van der Waals surface area contributed by atoms with E-state index in [2.05, 4.69) is 26.0 Å². The highest BCUT2D eigenvalue weighted by Crippen LogP contribution is 2.40. The highest BCUT2D eigenvalue weighted by Gasteiger charge is 2.28. The van der Waals surface area contributed by atoms with Crippen LogP contribution >= 0.6 is 0 Å². The van der Waals surface area contributed by atoms with Gasteiger partial charge in [-0.3, -0.25) is 0 Å². The van der Waals surface area contributed by atoms with Crippen LogP contribution < -0.4 is 4.74 Å². The maximum atomic E-state index is 11.9. The molecule has 4 nitrogen and oxygen atoms in total. The third kappa shape index (κ3) is 4.41. The molecule has 1 aliphatic heterocycles. The lowest BCUT2D eigenvalue weighted by atomic mass is 9.79. The van der Waals surface area contributed by atoms with Gasteiger partial charge in [-0.2, -0.15) is 0 Å². The summed E-state index contributed by atoms with van der Waals surface area (Å²) in [7, 11) is 0. The van der Waals surface area contributed by atoms with Gasteiger partial charge in [0.05, 0.1) is 6.61 Å². The van der Waals surface area contributed by atoms with Gasteiger partial charge in [0.25, 0.3) is 0 Å². The molecule has 0 amide bonds. The second kappa shape index (κ2) is 8.28. The lowest BCUT2D eigenvalue weighted by Crippen LogP contribution is -2.26. The van der Waals surface area contributed by atoms with Crippen LogP contribution in [0.5, 0.6) is 5.75 Å². The zero-order chi connectivity index (χ0) is 20.1. The summed E-state index contributed by atoms with van der Waals surface area (Å²) in [5, 5.41) is 0. The molecule has 0 N–H and O–H groups in total. The minimum atomic E-state index is -0.451. The maximum Gasteiger partial charge on any atom is 0.334 e. The van der Waals surface area contributed by atoms with E-state index in [9.17, 15) is 9.59 Å². The number of ether oxygens (including phenoxy) is 2. The van der Waals surface area contributed by atoms with E-state index in [-0.39, 0.29) is 12.0 Å². The number of fused-ring (bicyclic) bond motifs is 1. The first-order valence-electron chi connectivity index (χ1n) is 9.33. The van der Waals surface area contributed by atoms with Gasteiger partial charge >= 0.3 is 5.97 Å². The number of hydrogen-bond acceptors (Lipinski definition) is 4. The molecule has 0 aromatic heterocycles. The van der Waals surface area contributed by atoms with Crippen LogP contribution in [-0.2, 0) is 19.7 Å². The van der Waals surface area contributed by atoms with E-state index in [0.717, 1.165) is 41.5 Å². The average molecular weight is 376 g/mol. The van der Waals surface area contributed by atoms with Gasteiger partial charge in [0.2, 0.25) is 0 Å². The van der Waals surface area contributed by atoms with Crippen molar-refractivity contribution in [3.8, 4) is 16.9 Å². The largest absolute Gasteiger partial charge is 0.493 e. The lowest BCUT2D eigenvalue weighted by Gasteiger charge is -2.32. The van der Waals surface area contributed by atoms with E-state index in [4.69, 9.17) is 9.47 Å². The molecule has 0 bridgehead atoms. The van der Waals surface area contributed by atoms with E-state index >= 15 is 0 Å². The molecule has 0 saturated heterocycles. The van der Waals surface area contributed by atoms with Crippen LogP contribution in [0, 0.1) is 0 Å². The van der Waals surface area contributed by atoms with Gasteiger partial charge < -0.3 is 9.47 Å². The Balaban J connectivity index is 1.79. The second-order valence-corrected chi connectivity index (χ2v) is 7.56. The normalized spacial score (nSPS) is 15.0. The number of benzene rings is 2. The van der Waals surface area contributed by atoms with Crippen molar-refractivity contribution in [1.29, 1.82) is 0 Å². The Labute approximate surface area is 165 Å². The first-order chi connectivity index (χ1) is 13.4. The zero-order valence-corrected chi connectivity index (χ0v) is 16.5. The molecule has 0 unspecified atom stereocenters. The summed E-state index contributed by atoms with van der Waals surface area (Å²) in [5.41, 5.74) is 4.97. The summed E-state index contributed by atoms with van der Waals surface area (Å²) in [6, 6.07) is 14.4. The fourth-order valence-electron chi connectivity index (χ4n) is 3.26. The first kappa shape index (κ1) is 19.7. The Bertz CT molecular complexity index is 945. The molecular formula is C24H24O4. The van der Waals surface area contributed by atoms with Crippen LogP contribution in [0.4, 0.5) is 0 Å². The second-order valence-electron chi connectivity index (χ2n) is 7.56. The van der Waals surface area contributed by atoms with Crippen LogP contribution in [0.25, 0.3) is 17.2 Å². The van der Waals surface area contributed by atoms with Crippen molar-refractivity contribution in [2.45, 2.75) is 32.6 Å². The Morgan fingerprint density at radius 2 is 1.89 bits per heavy atom. The van der Waals surface area contributed by atoms with Crippen molar-refractivity contribution in [3.63, 3.8) is 0 Å². The van der Waals surface area contributed by atoms with E-state index < -0.39 is 5.97 Å². The van der Waals surface area contributed by atoms with Crippen molar-refractivity contribution in [2.75, 3.05) is 13.2 Å². The molecule has 0 saturated carbocycles. The van der Waals surface area contributed by atoms with Crippen molar-refractivity contribution < 1.29 is 19.1 Å².